The molecule has 1 amide bonds. The molecule has 1 aliphatic heterocycles. The molecule has 1 fully saturated rings. The molecule has 0 aromatic rings. The van der Waals surface area contributed by atoms with Gasteiger partial charge >= 0.3 is 0 Å². The third-order valence-corrected chi connectivity index (χ3v) is 2.06. The van der Waals surface area contributed by atoms with Gasteiger partial charge in [-0.1, -0.05) is 0 Å². The largest absolute Gasteiger partial charge is 0.394 e. The van der Waals surface area contributed by atoms with Gasteiger partial charge in [-0.25, -0.2) is 5.48 Å². The Bertz CT molecular complexity index is 223. The summed E-state index contributed by atoms with van der Waals surface area (Å²) in [7, 11) is 0. The molecule has 15 heavy (non-hydrogen) atoms. The highest BCUT2D eigenvalue weighted by Crippen LogP contribution is 2.20. The molecule has 4 N–H and O–H groups in total. The van der Waals surface area contributed by atoms with Crippen molar-refractivity contribution in [1.29, 1.82) is 0 Å². The van der Waals surface area contributed by atoms with Crippen LogP contribution < -0.4 is 5.48 Å². The van der Waals surface area contributed by atoms with E-state index in [1.807, 2.05) is 0 Å². The summed E-state index contributed by atoms with van der Waals surface area (Å²) >= 11 is 0. The zero-order valence-electron chi connectivity index (χ0n) is 8.29. The Morgan fingerprint density at radius 3 is 2.80 bits per heavy atom. The van der Waals surface area contributed by atoms with Gasteiger partial charge in [-0.05, 0) is 0 Å². The lowest BCUT2D eigenvalue weighted by Crippen LogP contribution is -2.52. The molecule has 0 spiro atoms. The van der Waals surface area contributed by atoms with Gasteiger partial charge in [0.1, 0.15) is 18.3 Å². The molecule has 0 radical (unpaired) electrons. The first-order chi connectivity index (χ1) is 7.04. The van der Waals surface area contributed by atoms with E-state index in [2.05, 4.69) is 5.48 Å². The fourth-order valence-corrected chi connectivity index (χ4v) is 1.34. The molecule has 0 unspecified atom stereocenters. The Kier molecular flexibility index (Phi) is 4.43. The Balaban J connectivity index is 2.50. The number of rotatable bonds is 3. The van der Waals surface area contributed by atoms with E-state index < -0.39 is 37.1 Å². The molecule has 7 heteroatoms. The van der Waals surface area contributed by atoms with Crippen LogP contribution in [-0.4, -0.2) is 52.4 Å². The topological polar surface area (TPSA) is 108 Å². The molecule has 1 saturated heterocycles. The lowest BCUT2D eigenvalue weighted by Gasteiger charge is -2.35. The molecule has 7 nitrogen and oxygen atoms in total. The fraction of sp³-hybridized carbons (Fsp3) is 0.875. The Labute approximate surface area is 86.6 Å². The molecular weight excluding hydrogens is 206 g/mol. The van der Waals surface area contributed by atoms with Crippen LogP contribution in [0.25, 0.3) is 0 Å². The van der Waals surface area contributed by atoms with Gasteiger partial charge in [0.15, 0.2) is 6.29 Å². The number of carbonyl (C=O) groups excluding carboxylic acids is 1. The number of amides is 1. The molecule has 4 atom stereocenters. The summed E-state index contributed by atoms with van der Waals surface area (Å²) in [5, 5.41) is 27.6. The molecule has 0 bridgehead atoms. The van der Waals surface area contributed by atoms with Crippen molar-refractivity contribution in [1.82, 2.24) is 5.48 Å². The number of aliphatic hydroxyl groups excluding tert-OH is 3. The molecule has 1 aliphatic rings. The van der Waals surface area contributed by atoms with Crippen LogP contribution in [0.15, 0.2) is 0 Å². The van der Waals surface area contributed by atoms with Crippen molar-refractivity contribution >= 4 is 5.91 Å². The van der Waals surface area contributed by atoms with Crippen molar-refractivity contribution in [3.05, 3.63) is 0 Å². The Morgan fingerprint density at radius 1 is 1.60 bits per heavy atom. The van der Waals surface area contributed by atoms with Crippen molar-refractivity contribution in [3.8, 4) is 0 Å². The number of aliphatic hydroxyl groups is 3. The Hall–Kier alpha value is -0.730. The van der Waals surface area contributed by atoms with E-state index in [1.54, 1.807) is 0 Å². The maximum Gasteiger partial charge on any atom is 0.240 e. The fourth-order valence-electron chi connectivity index (χ4n) is 1.34. The highest BCUT2D eigenvalue weighted by molar-refractivity contribution is 5.71. The molecule has 1 heterocycles. The minimum Gasteiger partial charge on any atom is -0.394 e. The SMILES string of the molecule is CC(=O)NO[C@@H]1C[C@@H](O)O[C@H](CO)[C@H]1O. The lowest BCUT2D eigenvalue weighted by molar-refractivity contribution is -0.256. The molecule has 0 saturated carbocycles. The van der Waals surface area contributed by atoms with Crippen molar-refractivity contribution < 1.29 is 29.7 Å². The molecule has 88 valence electrons. The van der Waals surface area contributed by atoms with Crippen LogP contribution >= 0.6 is 0 Å². The van der Waals surface area contributed by atoms with Gasteiger partial charge < -0.3 is 20.1 Å². The first-order valence-corrected chi connectivity index (χ1v) is 4.59. The number of hydrogen-bond donors (Lipinski definition) is 4. The van der Waals surface area contributed by atoms with E-state index in [4.69, 9.17) is 14.7 Å². The summed E-state index contributed by atoms with van der Waals surface area (Å²) in [5.74, 6) is -0.413. The highest BCUT2D eigenvalue weighted by Gasteiger charge is 2.37. The summed E-state index contributed by atoms with van der Waals surface area (Å²) in [4.78, 5) is 15.4. The van der Waals surface area contributed by atoms with E-state index in [0.717, 1.165) is 0 Å². The number of hydrogen-bond acceptors (Lipinski definition) is 6. The van der Waals surface area contributed by atoms with E-state index in [-0.39, 0.29) is 6.42 Å². The quantitative estimate of drug-likeness (QED) is 0.406. The normalized spacial score (nSPS) is 36.3. The van der Waals surface area contributed by atoms with Gasteiger partial charge in [-0.2, -0.15) is 0 Å². The van der Waals surface area contributed by atoms with Gasteiger partial charge in [0, 0.05) is 13.3 Å². The monoisotopic (exact) mass is 221 g/mol. The first-order valence-electron chi connectivity index (χ1n) is 4.59. The van der Waals surface area contributed by atoms with Crippen molar-refractivity contribution in [3.63, 3.8) is 0 Å². The zero-order valence-corrected chi connectivity index (χ0v) is 8.29. The second kappa shape index (κ2) is 5.38. The number of nitrogens with one attached hydrogen (secondary N) is 1. The van der Waals surface area contributed by atoms with Crippen molar-refractivity contribution in [2.75, 3.05) is 6.61 Å². The van der Waals surface area contributed by atoms with Crippen LogP contribution in [0.3, 0.4) is 0 Å². The summed E-state index contributed by atoms with van der Waals surface area (Å²) in [6.07, 6.45) is -3.89. The van der Waals surface area contributed by atoms with Crippen LogP contribution in [0, 0.1) is 0 Å². The van der Waals surface area contributed by atoms with Crippen LogP contribution in [0.5, 0.6) is 0 Å². The molecule has 0 aromatic heterocycles. The predicted octanol–water partition coefficient (Wildman–Crippen LogP) is -2.12. The highest BCUT2D eigenvalue weighted by atomic mass is 16.7. The number of carbonyl (C=O) groups is 1. The van der Waals surface area contributed by atoms with Gasteiger partial charge in [-0.15, -0.1) is 0 Å². The standard InChI is InChI=1S/C8H15NO6/c1-4(11)9-15-5-2-7(12)14-6(3-10)8(5)13/h5-8,10,12-13H,2-3H2,1H3,(H,9,11)/t5-,6-,7+,8+/m1/s1. The second-order valence-corrected chi connectivity index (χ2v) is 3.35. The first kappa shape index (κ1) is 12.3. The van der Waals surface area contributed by atoms with Crippen molar-refractivity contribution in [2.45, 2.75) is 37.9 Å². The maximum absolute atomic E-state index is 10.6. The summed E-state index contributed by atoms with van der Waals surface area (Å²) < 4.78 is 4.85. The predicted molar refractivity (Wildman–Crippen MR) is 47.3 cm³/mol. The molecule has 0 aliphatic carbocycles. The van der Waals surface area contributed by atoms with Crippen LogP contribution in [0.4, 0.5) is 0 Å². The van der Waals surface area contributed by atoms with Gasteiger partial charge in [0.25, 0.3) is 0 Å². The smallest absolute Gasteiger partial charge is 0.240 e. The minimum atomic E-state index is -1.12. The molecule has 1 rings (SSSR count). The summed E-state index contributed by atoms with van der Waals surface area (Å²) in [6, 6.07) is 0. The third-order valence-electron chi connectivity index (χ3n) is 2.06. The number of hydroxylamine groups is 1. The average Bonchev–Trinajstić information content (AvgIpc) is 2.18. The minimum absolute atomic E-state index is 0.0257. The van der Waals surface area contributed by atoms with E-state index >= 15 is 0 Å². The van der Waals surface area contributed by atoms with Crippen LogP contribution in [0.2, 0.25) is 0 Å². The van der Waals surface area contributed by atoms with Crippen molar-refractivity contribution in [2.24, 2.45) is 0 Å². The molecular formula is C8H15NO6. The van der Waals surface area contributed by atoms with Crippen LogP contribution in [-0.2, 0) is 14.4 Å². The van der Waals surface area contributed by atoms with Gasteiger partial charge in [0.05, 0.1) is 6.61 Å². The number of ether oxygens (including phenoxy) is 1. The molecule has 0 aromatic carbocycles. The van der Waals surface area contributed by atoms with E-state index in [9.17, 15) is 15.0 Å². The van der Waals surface area contributed by atoms with E-state index in [1.165, 1.54) is 6.92 Å². The van der Waals surface area contributed by atoms with E-state index in [0.29, 0.717) is 0 Å². The van der Waals surface area contributed by atoms with Crippen LogP contribution in [0.1, 0.15) is 13.3 Å². The maximum atomic E-state index is 10.6. The Morgan fingerprint density at radius 2 is 2.27 bits per heavy atom. The average molecular weight is 221 g/mol. The summed E-state index contributed by atoms with van der Waals surface area (Å²) in [6.45, 7) is 0.823. The third kappa shape index (κ3) is 3.40. The second-order valence-electron chi connectivity index (χ2n) is 3.35. The zero-order chi connectivity index (χ0) is 11.4. The lowest BCUT2D eigenvalue weighted by atomic mass is 10.0. The summed E-state index contributed by atoms with van der Waals surface area (Å²) in [5.41, 5.74) is 2.06. The van der Waals surface area contributed by atoms with Gasteiger partial charge in [-0.3, -0.25) is 9.63 Å². The van der Waals surface area contributed by atoms with Gasteiger partial charge in [0.2, 0.25) is 5.91 Å².